The van der Waals surface area contributed by atoms with Crippen molar-refractivity contribution >= 4 is 56.9 Å². The zero-order valence-electron chi connectivity index (χ0n) is 57.7. The van der Waals surface area contributed by atoms with Gasteiger partial charge in [0.2, 0.25) is 0 Å². The van der Waals surface area contributed by atoms with E-state index in [1.54, 1.807) is 0 Å². The third-order valence-corrected chi connectivity index (χ3v) is 17.5. The largest absolute Gasteiger partial charge is 0.345 e. The van der Waals surface area contributed by atoms with Gasteiger partial charge in [0.1, 0.15) is 0 Å². The Kier molecular flexibility index (Phi) is 24.6. The standard InChI is InChI=1S/C25H21N.3C19H17N.C13H13N/c1-26(24-10-6-3-7-11-24)25-18-16-23(17-19-25)22-14-12-21(13-15-22)20-8-4-2-5-9-20;1-20(17-12-6-3-7-13-17)19-15-9-8-14-18(19)16-10-4-2-5-11-16;1-20(18-12-6-3-7-13-18)19-14-8-11-17(15-19)16-9-4-2-5-10-16;1-20(18-10-6-3-7-11-18)19-14-12-17(13-15-19)16-8-4-2-5-9-16;1-14(12-8-4-2-5-9-12)13-10-6-3-7-11-13/h2-19H,1H3;3*2-15H,1H3;2-11H,1H3. The highest BCUT2D eigenvalue weighted by Crippen LogP contribution is 2.35. The molecule has 0 N–H and O–H groups in total. The van der Waals surface area contributed by atoms with E-state index in [1.165, 1.54) is 113 Å². The van der Waals surface area contributed by atoms with Crippen molar-refractivity contribution in [3.63, 3.8) is 0 Å². The van der Waals surface area contributed by atoms with Crippen molar-refractivity contribution in [3.8, 4) is 55.6 Å². The molecule has 0 aliphatic carbocycles. The molecule has 0 bridgehead atoms. The normalized spacial score (nSPS) is 10.2. The lowest BCUT2D eigenvalue weighted by Gasteiger charge is -2.22. The average molecular weight is 1300 g/mol. The van der Waals surface area contributed by atoms with Gasteiger partial charge in [0.25, 0.3) is 0 Å². The van der Waals surface area contributed by atoms with E-state index in [0.29, 0.717) is 0 Å². The quantitative estimate of drug-likeness (QED) is 0.101. The fourth-order valence-electron chi connectivity index (χ4n) is 11.7. The van der Waals surface area contributed by atoms with E-state index in [-0.39, 0.29) is 0 Å². The first-order valence-electron chi connectivity index (χ1n) is 33.9. The van der Waals surface area contributed by atoms with E-state index in [9.17, 15) is 0 Å². The molecule has 15 aromatic rings. The fourth-order valence-corrected chi connectivity index (χ4v) is 11.7. The summed E-state index contributed by atoms with van der Waals surface area (Å²) < 4.78 is 0. The van der Waals surface area contributed by atoms with Crippen LogP contribution >= 0.6 is 0 Å². The molecule has 0 radical (unpaired) electrons. The van der Waals surface area contributed by atoms with Crippen molar-refractivity contribution in [2.24, 2.45) is 0 Å². The molecule has 0 amide bonds. The van der Waals surface area contributed by atoms with Crippen molar-refractivity contribution in [1.82, 2.24) is 0 Å². The molecule has 490 valence electrons. The Morgan fingerprint density at radius 2 is 0.320 bits per heavy atom. The topological polar surface area (TPSA) is 16.2 Å². The molecule has 0 unspecified atom stereocenters. The molecular formula is C95H85N5. The lowest BCUT2D eigenvalue weighted by molar-refractivity contribution is 1.21. The number of anilines is 10. The minimum Gasteiger partial charge on any atom is -0.345 e. The molecule has 0 aromatic heterocycles. The first-order chi connectivity index (χ1) is 49.2. The number of benzene rings is 15. The summed E-state index contributed by atoms with van der Waals surface area (Å²) in [6.07, 6.45) is 0. The fraction of sp³-hybridized carbons (Fsp3) is 0.0526. The van der Waals surface area contributed by atoms with Gasteiger partial charge < -0.3 is 24.5 Å². The molecule has 5 nitrogen and oxygen atoms in total. The predicted molar refractivity (Wildman–Crippen MR) is 432 cm³/mol. The Balaban J connectivity index is 0.000000128. The van der Waals surface area contributed by atoms with Gasteiger partial charge in [-0.15, -0.1) is 0 Å². The van der Waals surface area contributed by atoms with Crippen LogP contribution in [0.15, 0.2) is 425 Å². The Bertz CT molecular complexity index is 4730. The van der Waals surface area contributed by atoms with Crippen LogP contribution in [-0.4, -0.2) is 35.2 Å². The van der Waals surface area contributed by atoms with Crippen LogP contribution in [-0.2, 0) is 0 Å². The van der Waals surface area contributed by atoms with Gasteiger partial charge in [-0.05, 0) is 165 Å². The lowest BCUT2D eigenvalue weighted by Crippen LogP contribution is -2.10. The Morgan fingerprint density at radius 3 is 0.630 bits per heavy atom. The third kappa shape index (κ3) is 19.1. The molecule has 0 atom stereocenters. The molecule has 0 aliphatic rings. The maximum Gasteiger partial charge on any atom is 0.0487 e. The average Bonchev–Trinajstić information content (AvgIpc) is 0.839. The van der Waals surface area contributed by atoms with Crippen molar-refractivity contribution in [2.45, 2.75) is 0 Å². The summed E-state index contributed by atoms with van der Waals surface area (Å²) in [5.41, 5.74) is 24.4. The van der Waals surface area contributed by atoms with Crippen LogP contribution in [0, 0.1) is 0 Å². The Hall–Kier alpha value is -12.7. The maximum absolute atomic E-state index is 2.22. The van der Waals surface area contributed by atoms with E-state index in [0.717, 1.165) is 0 Å². The summed E-state index contributed by atoms with van der Waals surface area (Å²) in [5, 5.41) is 0. The molecule has 0 saturated heterocycles. The van der Waals surface area contributed by atoms with Crippen molar-refractivity contribution < 1.29 is 0 Å². The first kappa shape index (κ1) is 68.7. The Labute approximate surface area is 593 Å². The number of hydrogen-bond acceptors (Lipinski definition) is 5. The van der Waals surface area contributed by atoms with Crippen LogP contribution in [0.4, 0.5) is 56.9 Å². The molecule has 0 heterocycles. The van der Waals surface area contributed by atoms with Crippen LogP contribution in [0.3, 0.4) is 0 Å². The molecule has 15 rings (SSSR count). The van der Waals surface area contributed by atoms with Gasteiger partial charge in [0.15, 0.2) is 0 Å². The second-order valence-electron chi connectivity index (χ2n) is 24.0. The van der Waals surface area contributed by atoms with Crippen molar-refractivity contribution in [2.75, 3.05) is 59.7 Å². The van der Waals surface area contributed by atoms with Crippen molar-refractivity contribution in [3.05, 3.63) is 425 Å². The highest BCUT2D eigenvalue weighted by Gasteiger charge is 2.12. The van der Waals surface area contributed by atoms with E-state index >= 15 is 0 Å². The van der Waals surface area contributed by atoms with Crippen LogP contribution < -0.4 is 24.5 Å². The van der Waals surface area contributed by atoms with Crippen molar-refractivity contribution in [1.29, 1.82) is 0 Å². The molecule has 15 aromatic carbocycles. The molecule has 100 heavy (non-hydrogen) atoms. The Morgan fingerprint density at radius 1 is 0.130 bits per heavy atom. The second-order valence-corrected chi connectivity index (χ2v) is 24.0. The first-order valence-corrected chi connectivity index (χ1v) is 33.9. The van der Waals surface area contributed by atoms with Gasteiger partial charge in [0, 0.05) is 97.7 Å². The van der Waals surface area contributed by atoms with Gasteiger partial charge >= 0.3 is 0 Å². The van der Waals surface area contributed by atoms with Gasteiger partial charge in [-0.1, -0.05) is 309 Å². The SMILES string of the molecule is CN(c1ccccc1)c1ccc(-c2ccc(-c3ccccc3)cc2)cc1.CN(c1ccccc1)c1ccc(-c2ccccc2)cc1.CN(c1ccccc1)c1cccc(-c2ccccc2)c1.CN(c1ccccc1)c1ccccc1.CN(c1ccccc1)c1ccccc1-c1ccccc1. The molecule has 5 heteroatoms. The maximum atomic E-state index is 2.22. The molecule has 0 saturated carbocycles. The zero-order chi connectivity index (χ0) is 68.9. The number of para-hydroxylation sites is 7. The third-order valence-electron chi connectivity index (χ3n) is 17.5. The number of hydrogen-bond donors (Lipinski definition) is 0. The highest BCUT2D eigenvalue weighted by molar-refractivity contribution is 5.82. The van der Waals surface area contributed by atoms with Gasteiger partial charge in [-0.25, -0.2) is 0 Å². The summed E-state index contributed by atoms with van der Waals surface area (Å²) in [5.74, 6) is 0. The number of nitrogens with zero attached hydrogens (tertiary/aromatic N) is 5. The lowest BCUT2D eigenvalue weighted by atomic mass is 10.00. The van der Waals surface area contributed by atoms with Crippen LogP contribution in [0.2, 0.25) is 0 Å². The number of rotatable bonds is 15. The summed E-state index contributed by atoms with van der Waals surface area (Å²) in [6, 6.07) is 147. The highest BCUT2D eigenvalue weighted by atomic mass is 15.1. The zero-order valence-corrected chi connectivity index (χ0v) is 57.7. The predicted octanol–water partition coefficient (Wildman–Crippen LogP) is 25.6. The summed E-state index contributed by atoms with van der Waals surface area (Å²) >= 11 is 0. The van der Waals surface area contributed by atoms with Gasteiger partial charge in [0.05, 0.1) is 0 Å². The van der Waals surface area contributed by atoms with Gasteiger partial charge in [-0.2, -0.15) is 0 Å². The summed E-state index contributed by atoms with van der Waals surface area (Å²) in [6.45, 7) is 0. The van der Waals surface area contributed by atoms with Gasteiger partial charge in [-0.3, -0.25) is 0 Å². The molecular weight excluding hydrogens is 1210 g/mol. The van der Waals surface area contributed by atoms with E-state index in [4.69, 9.17) is 0 Å². The second kappa shape index (κ2) is 35.9. The minimum absolute atomic E-state index is 1.18. The molecule has 0 fully saturated rings. The minimum atomic E-state index is 1.18. The smallest absolute Gasteiger partial charge is 0.0487 e. The summed E-state index contributed by atoms with van der Waals surface area (Å²) in [7, 11) is 10.5. The van der Waals surface area contributed by atoms with E-state index < -0.39 is 0 Å². The summed E-state index contributed by atoms with van der Waals surface area (Å²) in [4.78, 5) is 11.0. The molecule has 0 aliphatic heterocycles. The van der Waals surface area contributed by atoms with Crippen LogP contribution in [0.5, 0.6) is 0 Å². The van der Waals surface area contributed by atoms with E-state index in [2.05, 4.69) is 424 Å². The van der Waals surface area contributed by atoms with E-state index in [1.807, 2.05) is 60.7 Å². The monoisotopic (exact) mass is 1300 g/mol. The van der Waals surface area contributed by atoms with Crippen LogP contribution in [0.25, 0.3) is 55.6 Å². The van der Waals surface area contributed by atoms with Crippen LogP contribution in [0.1, 0.15) is 0 Å². The molecule has 0 spiro atoms.